The van der Waals surface area contributed by atoms with Crippen LogP contribution in [0, 0.1) is 5.41 Å². The average Bonchev–Trinajstić information content (AvgIpc) is 2.75. The minimum Gasteiger partial charge on any atom is -0.395 e. The van der Waals surface area contributed by atoms with Gasteiger partial charge in [-0.3, -0.25) is 4.90 Å². The minimum atomic E-state index is 0.335. The van der Waals surface area contributed by atoms with Crippen LogP contribution < -0.4 is 0 Å². The van der Waals surface area contributed by atoms with Gasteiger partial charge in [-0.15, -0.1) is 0 Å². The van der Waals surface area contributed by atoms with Gasteiger partial charge in [0.05, 0.1) is 6.61 Å². The molecule has 104 valence electrons. The number of allylic oxidation sites excluding steroid dienone is 1. The number of hydrogen-bond donors (Lipinski definition) is 1. The van der Waals surface area contributed by atoms with Crippen molar-refractivity contribution in [2.75, 3.05) is 19.7 Å². The van der Waals surface area contributed by atoms with E-state index in [4.69, 9.17) is 0 Å². The maximum absolute atomic E-state index is 9.37. The van der Waals surface area contributed by atoms with Crippen LogP contribution in [0.4, 0.5) is 0 Å². The molecule has 1 saturated heterocycles. The van der Waals surface area contributed by atoms with Gasteiger partial charge in [-0.05, 0) is 57.4 Å². The van der Waals surface area contributed by atoms with Crippen molar-refractivity contribution in [2.45, 2.75) is 65.3 Å². The Morgan fingerprint density at radius 2 is 2.11 bits per heavy atom. The molecule has 0 aromatic carbocycles. The van der Waals surface area contributed by atoms with Gasteiger partial charge < -0.3 is 5.11 Å². The standard InChI is InChI=1S/C16H29NO/c1-13-6-4-9-16(2,3)15(13)8-11-17-10-5-7-14(17)12-18/h14,18H,4-12H2,1-3H3/t14-/m0/s1. The SMILES string of the molecule is CC1=C(CCN2CCC[C@H]2CO)C(C)(C)CCC1. The zero-order valence-corrected chi connectivity index (χ0v) is 12.3. The van der Waals surface area contributed by atoms with Crippen molar-refractivity contribution < 1.29 is 5.11 Å². The average molecular weight is 251 g/mol. The first-order valence-corrected chi connectivity index (χ1v) is 7.58. The largest absolute Gasteiger partial charge is 0.395 e. The lowest BCUT2D eigenvalue weighted by molar-refractivity contribution is 0.157. The Labute approximate surface area is 112 Å². The summed E-state index contributed by atoms with van der Waals surface area (Å²) in [7, 11) is 0. The van der Waals surface area contributed by atoms with E-state index in [9.17, 15) is 5.11 Å². The van der Waals surface area contributed by atoms with Crippen LogP contribution in [0.25, 0.3) is 0 Å². The van der Waals surface area contributed by atoms with Crippen LogP contribution in [0.3, 0.4) is 0 Å². The predicted molar refractivity (Wildman–Crippen MR) is 76.6 cm³/mol. The van der Waals surface area contributed by atoms with Crippen molar-refractivity contribution in [3.05, 3.63) is 11.1 Å². The summed E-state index contributed by atoms with van der Waals surface area (Å²) in [4.78, 5) is 2.49. The van der Waals surface area contributed by atoms with Gasteiger partial charge in [-0.1, -0.05) is 25.0 Å². The number of aliphatic hydroxyl groups is 1. The van der Waals surface area contributed by atoms with Crippen molar-refractivity contribution in [2.24, 2.45) is 5.41 Å². The first kappa shape index (κ1) is 14.1. The molecule has 0 aromatic heterocycles. The lowest BCUT2D eigenvalue weighted by Gasteiger charge is -2.36. The highest BCUT2D eigenvalue weighted by atomic mass is 16.3. The molecule has 1 heterocycles. The van der Waals surface area contributed by atoms with Gasteiger partial charge in [0.15, 0.2) is 0 Å². The molecule has 0 amide bonds. The lowest BCUT2D eigenvalue weighted by atomic mass is 9.71. The fraction of sp³-hybridized carbons (Fsp3) is 0.875. The number of nitrogens with zero attached hydrogens (tertiary/aromatic N) is 1. The summed E-state index contributed by atoms with van der Waals surface area (Å²) in [5, 5.41) is 9.37. The van der Waals surface area contributed by atoms with E-state index in [1.54, 1.807) is 11.1 Å². The number of aliphatic hydroxyl groups excluding tert-OH is 1. The monoisotopic (exact) mass is 251 g/mol. The quantitative estimate of drug-likeness (QED) is 0.774. The van der Waals surface area contributed by atoms with Crippen molar-refractivity contribution in [1.29, 1.82) is 0 Å². The molecular weight excluding hydrogens is 222 g/mol. The number of hydrogen-bond acceptors (Lipinski definition) is 2. The Morgan fingerprint density at radius 3 is 2.78 bits per heavy atom. The Hall–Kier alpha value is -0.340. The Morgan fingerprint density at radius 1 is 1.33 bits per heavy atom. The molecule has 2 aliphatic rings. The highest BCUT2D eigenvalue weighted by Gasteiger charge is 2.30. The fourth-order valence-electron chi connectivity index (χ4n) is 3.88. The van der Waals surface area contributed by atoms with Crippen LogP contribution in [0.15, 0.2) is 11.1 Å². The lowest BCUT2D eigenvalue weighted by Crippen LogP contribution is -2.34. The summed E-state index contributed by atoms with van der Waals surface area (Å²) < 4.78 is 0. The second-order valence-corrected chi connectivity index (χ2v) is 6.76. The van der Waals surface area contributed by atoms with E-state index >= 15 is 0 Å². The number of likely N-dealkylation sites (tertiary alicyclic amines) is 1. The highest BCUT2D eigenvalue weighted by Crippen LogP contribution is 2.41. The summed E-state index contributed by atoms with van der Waals surface area (Å²) in [6, 6.07) is 0.428. The second kappa shape index (κ2) is 5.75. The zero-order valence-electron chi connectivity index (χ0n) is 12.3. The smallest absolute Gasteiger partial charge is 0.0586 e. The van der Waals surface area contributed by atoms with E-state index in [0.717, 1.165) is 6.54 Å². The molecule has 1 atom stereocenters. The van der Waals surface area contributed by atoms with Crippen molar-refractivity contribution in [3.8, 4) is 0 Å². The van der Waals surface area contributed by atoms with Gasteiger partial charge in [0.1, 0.15) is 0 Å². The van der Waals surface area contributed by atoms with E-state index < -0.39 is 0 Å². The van der Waals surface area contributed by atoms with Crippen molar-refractivity contribution >= 4 is 0 Å². The third-order valence-corrected chi connectivity index (χ3v) is 5.04. The molecule has 18 heavy (non-hydrogen) atoms. The van der Waals surface area contributed by atoms with Gasteiger partial charge in [-0.2, -0.15) is 0 Å². The molecular formula is C16H29NO. The zero-order chi connectivity index (χ0) is 13.2. The molecule has 2 heteroatoms. The van der Waals surface area contributed by atoms with E-state index in [0.29, 0.717) is 18.1 Å². The molecule has 2 nitrogen and oxygen atoms in total. The molecule has 2 rings (SSSR count). The highest BCUT2D eigenvalue weighted by molar-refractivity contribution is 5.22. The molecule has 1 aliphatic carbocycles. The fourth-order valence-corrected chi connectivity index (χ4v) is 3.88. The summed E-state index contributed by atoms with van der Waals surface area (Å²) in [6.07, 6.45) is 7.62. The third-order valence-electron chi connectivity index (χ3n) is 5.04. The van der Waals surface area contributed by atoms with Crippen molar-refractivity contribution in [3.63, 3.8) is 0 Å². The maximum Gasteiger partial charge on any atom is 0.0586 e. The first-order valence-electron chi connectivity index (χ1n) is 7.58. The first-order chi connectivity index (χ1) is 8.54. The topological polar surface area (TPSA) is 23.5 Å². The molecule has 0 spiro atoms. The molecule has 1 N–H and O–H groups in total. The summed E-state index contributed by atoms with van der Waals surface area (Å²) in [5.41, 5.74) is 3.72. The van der Waals surface area contributed by atoms with Crippen LogP contribution in [0.1, 0.15) is 59.3 Å². The van der Waals surface area contributed by atoms with Crippen LogP contribution in [0.5, 0.6) is 0 Å². The van der Waals surface area contributed by atoms with Gasteiger partial charge >= 0.3 is 0 Å². The van der Waals surface area contributed by atoms with Crippen LogP contribution >= 0.6 is 0 Å². The van der Waals surface area contributed by atoms with Gasteiger partial charge in [0, 0.05) is 12.6 Å². The Bertz CT molecular complexity index is 319. The molecule has 1 aliphatic heterocycles. The minimum absolute atomic E-state index is 0.335. The van der Waals surface area contributed by atoms with Crippen LogP contribution in [-0.2, 0) is 0 Å². The molecule has 0 radical (unpaired) electrons. The van der Waals surface area contributed by atoms with E-state index in [2.05, 4.69) is 25.7 Å². The van der Waals surface area contributed by atoms with E-state index in [-0.39, 0.29) is 0 Å². The van der Waals surface area contributed by atoms with Gasteiger partial charge in [0.2, 0.25) is 0 Å². The maximum atomic E-state index is 9.37. The van der Waals surface area contributed by atoms with E-state index in [1.807, 2.05) is 0 Å². The van der Waals surface area contributed by atoms with Crippen LogP contribution in [-0.4, -0.2) is 35.7 Å². The number of rotatable bonds is 4. The van der Waals surface area contributed by atoms with Crippen LogP contribution in [0.2, 0.25) is 0 Å². The molecule has 0 unspecified atom stereocenters. The van der Waals surface area contributed by atoms with Gasteiger partial charge in [-0.25, -0.2) is 0 Å². The van der Waals surface area contributed by atoms with Gasteiger partial charge in [0.25, 0.3) is 0 Å². The van der Waals surface area contributed by atoms with Crippen molar-refractivity contribution in [1.82, 2.24) is 4.90 Å². The third kappa shape index (κ3) is 2.97. The Kier molecular flexibility index (Phi) is 4.50. The molecule has 1 fully saturated rings. The second-order valence-electron chi connectivity index (χ2n) is 6.76. The summed E-state index contributed by atoms with van der Waals surface area (Å²) in [5.74, 6) is 0. The Balaban J connectivity index is 1.96. The predicted octanol–water partition coefficient (Wildman–Crippen LogP) is 3.36. The van der Waals surface area contributed by atoms with E-state index in [1.165, 1.54) is 45.1 Å². The summed E-state index contributed by atoms with van der Waals surface area (Å²) >= 11 is 0. The summed E-state index contributed by atoms with van der Waals surface area (Å²) in [6.45, 7) is 9.78. The molecule has 0 aromatic rings. The molecule has 0 bridgehead atoms. The normalized spacial score (nSPS) is 29.0. The molecule has 0 saturated carbocycles.